The second-order valence-electron chi connectivity index (χ2n) is 5.15. The molecule has 0 bridgehead atoms. The Morgan fingerprint density at radius 1 is 1.29 bits per heavy atom. The lowest BCUT2D eigenvalue weighted by Crippen LogP contribution is -2.56. The van der Waals surface area contributed by atoms with Crippen LogP contribution >= 0.6 is 11.8 Å². The van der Waals surface area contributed by atoms with E-state index >= 15 is 0 Å². The van der Waals surface area contributed by atoms with Crippen LogP contribution in [0.3, 0.4) is 0 Å². The highest BCUT2D eigenvalue weighted by Gasteiger charge is 2.27. The van der Waals surface area contributed by atoms with Gasteiger partial charge in [-0.2, -0.15) is 0 Å². The summed E-state index contributed by atoms with van der Waals surface area (Å²) in [5.41, 5.74) is 2.29. The molecule has 4 nitrogen and oxygen atoms in total. The first-order valence-corrected chi connectivity index (χ1v) is 6.97. The molecule has 0 spiro atoms. The Balaban J connectivity index is 4.45. The third-order valence-corrected chi connectivity index (χ3v) is 3.10. The van der Waals surface area contributed by atoms with Crippen LogP contribution in [0.2, 0.25) is 0 Å². The highest BCUT2D eigenvalue weighted by molar-refractivity contribution is 8.00. The van der Waals surface area contributed by atoms with Gasteiger partial charge in [0.15, 0.2) is 0 Å². The van der Waals surface area contributed by atoms with E-state index in [1.807, 2.05) is 34.6 Å². The zero-order valence-corrected chi connectivity index (χ0v) is 12.5. The Hall–Kier alpha value is -0.710. The third kappa shape index (κ3) is 6.56. The second-order valence-corrected chi connectivity index (χ2v) is 6.71. The molecule has 0 radical (unpaired) electrons. The molecule has 0 aromatic heterocycles. The molecule has 17 heavy (non-hydrogen) atoms. The predicted octanol–water partition coefficient (Wildman–Crippen LogP) is 2.20. The van der Waals surface area contributed by atoms with E-state index in [4.69, 9.17) is 0 Å². The van der Waals surface area contributed by atoms with E-state index in [9.17, 15) is 9.59 Å². The SMILES string of the molecule is CCC(=O)N(NC(=O)CSC(C)C)C(C)(C)C. The molecule has 0 unspecified atom stereocenters. The molecule has 0 fully saturated rings. The average Bonchev–Trinajstić information content (AvgIpc) is 2.20. The van der Waals surface area contributed by atoms with Crippen molar-refractivity contribution in [3.63, 3.8) is 0 Å². The van der Waals surface area contributed by atoms with E-state index in [2.05, 4.69) is 5.43 Å². The zero-order chi connectivity index (χ0) is 13.6. The molecule has 100 valence electrons. The van der Waals surface area contributed by atoms with Crippen molar-refractivity contribution in [1.82, 2.24) is 10.4 Å². The predicted molar refractivity (Wildman–Crippen MR) is 72.6 cm³/mol. The fraction of sp³-hybridized carbons (Fsp3) is 0.833. The lowest BCUT2D eigenvalue weighted by molar-refractivity contribution is -0.146. The fourth-order valence-corrected chi connectivity index (χ4v) is 1.71. The summed E-state index contributed by atoms with van der Waals surface area (Å²) >= 11 is 1.56. The zero-order valence-electron chi connectivity index (χ0n) is 11.7. The fourth-order valence-electron chi connectivity index (χ4n) is 1.16. The maximum Gasteiger partial charge on any atom is 0.248 e. The molecule has 0 aliphatic heterocycles. The Labute approximate surface area is 108 Å². The first kappa shape index (κ1) is 16.3. The Kier molecular flexibility index (Phi) is 6.60. The van der Waals surface area contributed by atoms with Crippen LogP contribution in [0.1, 0.15) is 48.0 Å². The molecule has 0 saturated heterocycles. The smallest absolute Gasteiger partial charge is 0.248 e. The van der Waals surface area contributed by atoms with Crippen molar-refractivity contribution in [2.24, 2.45) is 0 Å². The van der Waals surface area contributed by atoms with Crippen molar-refractivity contribution < 1.29 is 9.59 Å². The van der Waals surface area contributed by atoms with Crippen LogP contribution in [-0.2, 0) is 9.59 Å². The van der Waals surface area contributed by atoms with Crippen molar-refractivity contribution in [2.45, 2.75) is 58.8 Å². The summed E-state index contributed by atoms with van der Waals surface area (Å²) in [7, 11) is 0. The van der Waals surface area contributed by atoms with Crippen LogP contribution in [0.25, 0.3) is 0 Å². The molecule has 0 aromatic rings. The van der Waals surface area contributed by atoms with E-state index in [0.29, 0.717) is 17.4 Å². The topological polar surface area (TPSA) is 49.4 Å². The average molecular weight is 260 g/mol. The van der Waals surface area contributed by atoms with Gasteiger partial charge in [-0.25, -0.2) is 5.01 Å². The van der Waals surface area contributed by atoms with E-state index in [0.717, 1.165) is 0 Å². The van der Waals surface area contributed by atoms with E-state index < -0.39 is 5.54 Å². The van der Waals surface area contributed by atoms with E-state index in [-0.39, 0.29) is 11.8 Å². The van der Waals surface area contributed by atoms with Crippen molar-refractivity contribution in [3.05, 3.63) is 0 Å². The molecule has 0 atom stereocenters. The van der Waals surface area contributed by atoms with Crippen LogP contribution in [0.4, 0.5) is 0 Å². The highest BCUT2D eigenvalue weighted by Crippen LogP contribution is 2.13. The molecule has 0 aliphatic carbocycles. The molecule has 0 aromatic carbocycles. The van der Waals surface area contributed by atoms with Gasteiger partial charge in [-0.3, -0.25) is 15.0 Å². The molecule has 0 aliphatic rings. The largest absolute Gasteiger partial charge is 0.273 e. The number of amides is 2. The van der Waals surface area contributed by atoms with Gasteiger partial charge in [0, 0.05) is 6.42 Å². The molecular weight excluding hydrogens is 236 g/mol. The van der Waals surface area contributed by atoms with Gasteiger partial charge in [0.1, 0.15) is 0 Å². The molecule has 0 heterocycles. The van der Waals surface area contributed by atoms with Crippen LogP contribution in [-0.4, -0.2) is 33.4 Å². The molecule has 2 amide bonds. The number of hydrogen-bond donors (Lipinski definition) is 1. The van der Waals surface area contributed by atoms with Gasteiger partial charge in [0.25, 0.3) is 0 Å². The number of carbonyl (C=O) groups is 2. The van der Waals surface area contributed by atoms with Gasteiger partial charge >= 0.3 is 0 Å². The second kappa shape index (κ2) is 6.89. The summed E-state index contributed by atoms with van der Waals surface area (Å²) in [4.78, 5) is 23.4. The molecule has 0 saturated carbocycles. The number of rotatable bonds is 4. The van der Waals surface area contributed by atoms with Crippen LogP contribution in [0.5, 0.6) is 0 Å². The normalized spacial score (nSPS) is 11.5. The molecule has 0 rings (SSSR count). The molecule has 5 heteroatoms. The van der Waals surface area contributed by atoms with Gasteiger partial charge in [0.05, 0.1) is 11.3 Å². The summed E-state index contributed by atoms with van der Waals surface area (Å²) in [5.74, 6) is 0.183. The van der Waals surface area contributed by atoms with Crippen LogP contribution < -0.4 is 5.43 Å². The number of hydrogen-bond acceptors (Lipinski definition) is 3. The first-order chi connectivity index (χ1) is 7.68. The quantitative estimate of drug-likeness (QED) is 0.788. The van der Waals surface area contributed by atoms with Crippen molar-refractivity contribution >= 4 is 23.6 Å². The highest BCUT2D eigenvalue weighted by atomic mass is 32.2. The maximum atomic E-state index is 11.7. The minimum Gasteiger partial charge on any atom is -0.273 e. The lowest BCUT2D eigenvalue weighted by atomic mass is 10.1. The van der Waals surface area contributed by atoms with Crippen molar-refractivity contribution in [2.75, 3.05) is 5.75 Å². The number of hydrazine groups is 1. The Morgan fingerprint density at radius 3 is 2.18 bits per heavy atom. The third-order valence-electron chi connectivity index (χ3n) is 2.01. The standard InChI is InChI=1S/C12H24N2O2S/c1-7-11(16)14(12(4,5)6)13-10(15)8-17-9(2)3/h9H,7-8H2,1-6H3,(H,13,15). The number of thioether (sulfide) groups is 1. The van der Waals surface area contributed by atoms with Gasteiger partial charge < -0.3 is 0 Å². The maximum absolute atomic E-state index is 11.7. The summed E-state index contributed by atoms with van der Waals surface area (Å²) in [6.07, 6.45) is 0.384. The summed E-state index contributed by atoms with van der Waals surface area (Å²) in [5, 5.41) is 1.83. The minimum absolute atomic E-state index is 0.0691. The van der Waals surface area contributed by atoms with Crippen molar-refractivity contribution in [1.29, 1.82) is 0 Å². The number of carbonyl (C=O) groups excluding carboxylic acids is 2. The van der Waals surface area contributed by atoms with Crippen LogP contribution in [0, 0.1) is 0 Å². The van der Waals surface area contributed by atoms with E-state index in [1.165, 1.54) is 5.01 Å². The summed E-state index contributed by atoms with van der Waals surface area (Å²) in [6, 6.07) is 0. The Morgan fingerprint density at radius 2 is 1.82 bits per heavy atom. The first-order valence-electron chi connectivity index (χ1n) is 5.92. The van der Waals surface area contributed by atoms with Gasteiger partial charge in [-0.05, 0) is 26.0 Å². The van der Waals surface area contributed by atoms with Crippen molar-refractivity contribution in [3.8, 4) is 0 Å². The van der Waals surface area contributed by atoms with Crippen LogP contribution in [0.15, 0.2) is 0 Å². The minimum atomic E-state index is -0.398. The molecule has 1 N–H and O–H groups in total. The van der Waals surface area contributed by atoms with E-state index in [1.54, 1.807) is 18.7 Å². The number of nitrogens with zero attached hydrogens (tertiary/aromatic N) is 1. The van der Waals surface area contributed by atoms with Gasteiger partial charge in [-0.1, -0.05) is 20.8 Å². The van der Waals surface area contributed by atoms with Gasteiger partial charge in [-0.15, -0.1) is 11.8 Å². The number of nitrogens with one attached hydrogen (secondary N) is 1. The monoisotopic (exact) mass is 260 g/mol. The lowest BCUT2D eigenvalue weighted by Gasteiger charge is -2.35. The summed E-state index contributed by atoms with van der Waals surface area (Å²) in [6.45, 7) is 11.6. The summed E-state index contributed by atoms with van der Waals surface area (Å²) < 4.78 is 0. The van der Waals surface area contributed by atoms with Gasteiger partial charge in [0.2, 0.25) is 11.8 Å². The molecular formula is C12H24N2O2S. The Bertz CT molecular complexity index is 272.